The molecular formula is C12H21NO3S. The van der Waals surface area contributed by atoms with E-state index >= 15 is 0 Å². The number of hydrogen-bond acceptors (Lipinski definition) is 3. The highest BCUT2D eigenvalue weighted by Gasteiger charge is 2.34. The number of carbonyl (C=O) groups excluding carboxylic acids is 1. The van der Waals surface area contributed by atoms with E-state index in [0.29, 0.717) is 12.3 Å². The fourth-order valence-electron chi connectivity index (χ4n) is 2.51. The Balaban J connectivity index is 2.51. The van der Waals surface area contributed by atoms with Crippen molar-refractivity contribution in [2.45, 2.75) is 38.5 Å². The van der Waals surface area contributed by atoms with Crippen LogP contribution in [0.2, 0.25) is 0 Å². The molecule has 0 bridgehead atoms. The fourth-order valence-corrected chi connectivity index (χ4v) is 2.87. The monoisotopic (exact) mass is 259 g/mol. The molecule has 2 N–H and O–H groups in total. The van der Waals surface area contributed by atoms with E-state index in [0.717, 1.165) is 25.7 Å². The van der Waals surface area contributed by atoms with E-state index in [1.807, 2.05) is 6.26 Å². The van der Waals surface area contributed by atoms with Gasteiger partial charge in [-0.2, -0.15) is 11.8 Å². The average Bonchev–Trinajstić information content (AvgIpc) is 2.27. The Labute approximate surface area is 107 Å². The number of thioether (sulfide) groups is 1. The van der Waals surface area contributed by atoms with Crippen molar-refractivity contribution in [2.24, 2.45) is 5.41 Å². The Morgan fingerprint density at radius 3 is 2.47 bits per heavy atom. The summed E-state index contributed by atoms with van der Waals surface area (Å²) in [5.74, 6) is -0.303. The van der Waals surface area contributed by atoms with Crippen molar-refractivity contribution in [3.63, 3.8) is 0 Å². The van der Waals surface area contributed by atoms with Crippen LogP contribution in [0.15, 0.2) is 0 Å². The van der Waals surface area contributed by atoms with Gasteiger partial charge in [0.1, 0.15) is 0 Å². The molecule has 0 spiro atoms. The average molecular weight is 259 g/mol. The molecule has 5 heteroatoms. The second-order valence-electron chi connectivity index (χ2n) is 4.84. The van der Waals surface area contributed by atoms with Crippen molar-refractivity contribution in [1.29, 1.82) is 0 Å². The van der Waals surface area contributed by atoms with Crippen molar-refractivity contribution in [3.05, 3.63) is 0 Å². The normalized spacial score (nSPS) is 18.6. The SMILES string of the molecule is CSCC(=O)NCC1(CC(=O)O)CCCCC1. The highest BCUT2D eigenvalue weighted by molar-refractivity contribution is 7.99. The molecule has 4 nitrogen and oxygen atoms in total. The molecule has 1 amide bonds. The van der Waals surface area contributed by atoms with Crippen LogP contribution in [0.5, 0.6) is 0 Å². The maximum absolute atomic E-state index is 11.4. The van der Waals surface area contributed by atoms with Crippen molar-refractivity contribution in [3.8, 4) is 0 Å². The van der Waals surface area contributed by atoms with Crippen molar-refractivity contribution >= 4 is 23.6 Å². The zero-order valence-electron chi connectivity index (χ0n) is 10.3. The minimum absolute atomic E-state index is 0.00726. The zero-order chi connectivity index (χ0) is 12.7. The standard InChI is InChI=1S/C12H21NO3S/c1-17-8-10(14)13-9-12(7-11(15)16)5-3-2-4-6-12/h2-9H2,1H3,(H,13,14)(H,15,16). The highest BCUT2D eigenvalue weighted by Crippen LogP contribution is 2.38. The van der Waals surface area contributed by atoms with Crippen LogP contribution in [0.25, 0.3) is 0 Å². The smallest absolute Gasteiger partial charge is 0.303 e. The number of carbonyl (C=O) groups is 2. The maximum Gasteiger partial charge on any atom is 0.303 e. The number of hydrogen-bond donors (Lipinski definition) is 2. The summed E-state index contributed by atoms with van der Waals surface area (Å²) in [7, 11) is 0. The molecule has 1 aliphatic rings. The molecule has 1 saturated carbocycles. The van der Waals surface area contributed by atoms with Crippen LogP contribution in [-0.4, -0.2) is 35.5 Å². The van der Waals surface area contributed by atoms with Gasteiger partial charge in [0, 0.05) is 6.54 Å². The third-order valence-corrected chi connectivity index (χ3v) is 3.93. The minimum atomic E-state index is -0.758. The molecule has 1 aliphatic carbocycles. The Morgan fingerprint density at radius 1 is 1.29 bits per heavy atom. The number of amides is 1. The van der Waals surface area contributed by atoms with Gasteiger partial charge >= 0.3 is 5.97 Å². The summed E-state index contributed by atoms with van der Waals surface area (Å²) in [5, 5.41) is 11.9. The molecule has 0 atom stereocenters. The first-order chi connectivity index (χ1) is 8.08. The molecule has 0 radical (unpaired) electrons. The Bertz CT molecular complexity index is 275. The summed E-state index contributed by atoms with van der Waals surface area (Å²) >= 11 is 1.48. The van der Waals surface area contributed by atoms with Crippen molar-refractivity contribution in [1.82, 2.24) is 5.32 Å². The van der Waals surface area contributed by atoms with Gasteiger partial charge in [0.25, 0.3) is 0 Å². The topological polar surface area (TPSA) is 66.4 Å². The number of carboxylic acids is 1. The Morgan fingerprint density at radius 2 is 1.94 bits per heavy atom. The summed E-state index contributed by atoms with van der Waals surface area (Å²) in [4.78, 5) is 22.4. The summed E-state index contributed by atoms with van der Waals surface area (Å²) < 4.78 is 0. The molecular weight excluding hydrogens is 238 g/mol. The zero-order valence-corrected chi connectivity index (χ0v) is 11.1. The lowest BCUT2D eigenvalue weighted by Gasteiger charge is -2.36. The third-order valence-electron chi connectivity index (χ3n) is 3.38. The van der Waals surface area contributed by atoms with Gasteiger partial charge in [-0.1, -0.05) is 19.3 Å². The first-order valence-electron chi connectivity index (χ1n) is 6.05. The van der Waals surface area contributed by atoms with Gasteiger partial charge in [-0.25, -0.2) is 0 Å². The van der Waals surface area contributed by atoms with E-state index in [1.54, 1.807) is 0 Å². The summed E-state index contributed by atoms with van der Waals surface area (Å²) in [5.41, 5.74) is -0.210. The largest absolute Gasteiger partial charge is 0.481 e. The van der Waals surface area contributed by atoms with Crippen LogP contribution in [0, 0.1) is 5.41 Å². The summed E-state index contributed by atoms with van der Waals surface area (Å²) in [6.45, 7) is 0.513. The summed E-state index contributed by atoms with van der Waals surface area (Å²) in [6, 6.07) is 0. The predicted molar refractivity (Wildman–Crippen MR) is 69.2 cm³/mol. The molecule has 0 unspecified atom stereocenters. The van der Waals surface area contributed by atoms with Gasteiger partial charge in [0.15, 0.2) is 0 Å². The first kappa shape index (κ1) is 14.4. The first-order valence-corrected chi connectivity index (χ1v) is 7.45. The van der Waals surface area contributed by atoms with Gasteiger partial charge in [-0.05, 0) is 24.5 Å². The van der Waals surface area contributed by atoms with Crippen LogP contribution in [0.4, 0.5) is 0 Å². The number of rotatable bonds is 6. The molecule has 0 aromatic carbocycles. The lowest BCUT2D eigenvalue weighted by molar-refractivity contribution is -0.140. The molecule has 0 aromatic rings. The lowest BCUT2D eigenvalue weighted by Crippen LogP contribution is -2.41. The molecule has 1 rings (SSSR count). The Hall–Kier alpha value is -0.710. The highest BCUT2D eigenvalue weighted by atomic mass is 32.2. The van der Waals surface area contributed by atoms with E-state index < -0.39 is 5.97 Å². The van der Waals surface area contributed by atoms with Crippen LogP contribution >= 0.6 is 11.8 Å². The number of carboxylic acid groups (broad SMARTS) is 1. The van der Waals surface area contributed by atoms with Crippen LogP contribution in [0.1, 0.15) is 38.5 Å². The molecule has 0 aliphatic heterocycles. The molecule has 1 fully saturated rings. The van der Waals surface area contributed by atoms with Crippen molar-refractivity contribution < 1.29 is 14.7 Å². The minimum Gasteiger partial charge on any atom is -0.481 e. The van der Waals surface area contributed by atoms with E-state index in [9.17, 15) is 9.59 Å². The van der Waals surface area contributed by atoms with Crippen LogP contribution < -0.4 is 5.32 Å². The van der Waals surface area contributed by atoms with Crippen molar-refractivity contribution in [2.75, 3.05) is 18.6 Å². The van der Waals surface area contributed by atoms with E-state index in [4.69, 9.17) is 5.11 Å². The second-order valence-corrected chi connectivity index (χ2v) is 5.71. The van der Waals surface area contributed by atoms with Crippen LogP contribution in [0.3, 0.4) is 0 Å². The molecule has 0 heterocycles. The van der Waals surface area contributed by atoms with Crippen LogP contribution in [-0.2, 0) is 9.59 Å². The predicted octanol–water partition coefficient (Wildman–Crippen LogP) is 1.89. The van der Waals surface area contributed by atoms with E-state index in [-0.39, 0.29) is 17.7 Å². The van der Waals surface area contributed by atoms with Gasteiger partial charge < -0.3 is 10.4 Å². The van der Waals surface area contributed by atoms with Gasteiger partial charge in [0.2, 0.25) is 5.91 Å². The lowest BCUT2D eigenvalue weighted by atomic mass is 9.71. The molecule has 17 heavy (non-hydrogen) atoms. The van der Waals surface area contributed by atoms with Gasteiger partial charge in [-0.3, -0.25) is 9.59 Å². The second kappa shape index (κ2) is 6.89. The van der Waals surface area contributed by atoms with E-state index in [1.165, 1.54) is 18.2 Å². The summed E-state index contributed by atoms with van der Waals surface area (Å²) in [6.07, 6.45) is 7.22. The molecule has 0 saturated heterocycles. The number of nitrogens with one attached hydrogen (secondary N) is 1. The van der Waals surface area contributed by atoms with Gasteiger partial charge in [-0.15, -0.1) is 0 Å². The quantitative estimate of drug-likeness (QED) is 0.764. The van der Waals surface area contributed by atoms with Gasteiger partial charge in [0.05, 0.1) is 12.2 Å². The third kappa shape index (κ3) is 4.98. The molecule has 0 aromatic heterocycles. The fraction of sp³-hybridized carbons (Fsp3) is 0.833. The van der Waals surface area contributed by atoms with E-state index in [2.05, 4.69) is 5.32 Å². The number of aliphatic carboxylic acids is 1. The maximum atomic E-state index is 11.4. The molecule has 98 valence electrons. The Kier molecular flexibility index (Phi) is 5.82.